The Bertz CT molecular complexity index is 1260. The first kappa shape index (κ1) is 21.0. The molecular formula is C22H21F2N7O2. The van der Waals surface area contributed by atoms with Crippen LogP contribution < -0.4 is 15.0 Å². The Morgan fingerprint density at radius 1 is 1.09 bits per heavy atom. The van der Waals surface area contributed by atoms with E-state index in [1.54, 1.807) is 42.7 Å². The molecule has 0 spiro atoms. The van der Waals surface area contributed by atoms with Crippen molar-refractivity contribution >= 4 is 28.5 Å². The van der Waals surface area contributed by atoms with Crippen LogP contribution in [0.15, 0.2) is 48.8 Å². The zero-order chi connectivity index (χ0) is 22.8. The molecule has 0 radical (unpaired) electrons. The molecule has 3 aromatic heterocycles. The quantitative estimate of drug-likeness (QED) is 0.472. The number of anilines is 3. The summed E-state index contributed by atoms with van der Waals surface area (Å²) < 4.78 is 40.3. The second-order valence-corrected chi connectivity index (χ2v) is 7.31. The highest BCUT2D eigenvalue weighted by Gasteiger charge is 2.24. The number of imidazole rings is 1. The topological polar surface area (TPSA) is 90.2 Å². The standard InChI is InChI=1S/C22H21F2N7O2/c1-32-16-6-2-5-15-19(16)29-21(20(23)24)31(15)18-12-17(26-14-4-3-7-25-13-14)27-22(28-18)30-8-10-33-11-9-30/h2-7,12-13,20H,8-11H2,1H3,(H,26,27,28). The summed E-state index contributed by atoms with van der Waals surface area (Å²) in [6.45, 7) is 2.25. The predicted molar refractivity (Wildman–Crippen MR) is 119 cm³/mol. The first-order valence-corrected chi connectivity index (χ1v) is 10.4. The number of ether oxygens (including phenoxy) is 2. The Kier molecular flexibility index (Phi) is 5.69. The van der Waals surface area contributed by atoms with E-state index in [1.807, 2.05) is 11.0 Å². The van der Waals surface area contributed by atoms with Gasteiger partial charge in [0, 0.05) is 25.4 Å². The van der Waals surface area contributed by atoms with Gasteiger partial charge < -0.3 is 19.7 Å². The van der Waals surface area contributed by atoms with E-state index in [4.69, 9.17) is 9.47 Å². The Hall–Kier alpha value is -3.86. The number of hydrogen-bond acceptors (Lipinski definition) is 8. The molecule has 1 aromatic carbocycles. The molecule has 1 saturated heterocycles. The molecule has 0 atom stereocenters. The van der Waals surface area contributed by atoms with Crippen LogP contribution in [0.1, 0.15) is 12.2 Å². The maximum atomic E-state index is 14.1. The lowest BCUT2D eigenvalue weighted by Crippen LogP contribution is -2.37. The molecule has 1 aliphatic rings. The Morgan fingerprint density at radius 3 is 2.67 bits per heavy atom. The van der Waals surface area contributed by atoms with Gasteiger partial charge in [-0.25, -0.2) is 13.8 Å². The number of aromatic nitrogens is 5. The van der Waals surface area contributed by atoms with Crippen LogP contribution in [0.3, 0.4) is 0 Å². The Balaban J connectivity index is 1.69. The van der Waals surface area contributed by atoms with E-state index in [-0.39, 0.29) is 5.82 Å². The first-order valence-electron chi connectivity index (χ1n) is 10.4. The largest absolute Gasteiger partial charge is 0.494 e. The molecule has 0 bridgehead atoms. The third-order valence-electron chi connectivity index (χ3n) is 5.25. The molecule has 0 aliphatic carbocycles. The van der Waals surface area contributed by atoms with Crippen LogP contribution in [-0.2, 0) is 4.74 Å². The fourth-order valence-electron chi connectivity index (χ4n) is 3.73. The second kappa shape index (κ2) is 8.94. The summed E-state index contributed by atoms with van der Waals surface area (Å²) in [6.07, 6.45) is 0.493. The molecule has 4 aromatic rings. The highest BCUT2D eigenvalue weighted by molar-refractivity contribution is 5.84. The maximum Gasteiger partial charge on any atom is 0.296 e. The van der Waals surface area contributed by atoms with Crippen LogP contribution in [0.2, 0.25) is 0 Å². The van der Waals surface area contributed by atoms with Crippen LogP contribution in [-0.4, -0.2) is 57.9 Å². The van der Waals surface area contributed by atoms with E-state index in [2.05, 4.69) is 25.3 Å². The van der Waals surface area contributed by atoms with Crippen LogP contribution in [0.5, 0.6) is 5.75 Å². The number of nitrogens with zero attached hydrogens (tertiary/aromatic N) is 6. The van der Waals surface area contributed by atoms with Crippen molar-refractivity contribution in [3.8, 4) is 11.6 Å². The van der Waals surface area contributed by atoms with Gasteiger partial charge in [0.2, 0.25) is 5.95 Å². The zero-order valence-corrected chi connectivity index (χ0v) is 17.8. The lowest BCUT2D eigenvalue weighted by Gasteiger charge is -2.27. The molecule has 1 N–H and O–H groups in total. The summed E-state index contributed by atoms with van der Waals surface area (Å²) in [5.41, 5.74) is 1.51. The number of benzene rings is 1. The number of alkyl halides is 2. The molecule has 9 nitrogen and oxygen atoms in total. The predicted octanol–water partition coefficient (Wildman–Crippen LogP) is 3.74. The van der Waals surface area contributed by atoms with Gasteiger partial charge in [0.05, 0.1) is 37.7 Å². The van der Waals surface area contributed by atoms with Gasteiger partial charge in [-0.1, -0.05) is 6.07 Å². The van der Waals surface area contributed by atoms with Gasteiger partial charge in [0.1, 0.15) is 22.9 Å². The van der Waals surface area contributed by atoms with Gasteiger partial charge >= 0.3 is 0 Å². The minimum Gasteiger partial charge on any atom is -0.494 e. The second-order valence-electron chi connectivity index (χ2n) is 7.31. The number of morpholine rings is 1. The molecule has 1 aliphatic heterocycles. The average molecular weight is 453 g/mol. The molecule has 5 rings (SSSR count). The number of rotatable bonds is 6. The van der Waals surface area contributed by atoms with Crippen molar-refractivity contribution < 1.29 is 18.3 Å². The lowest BCUT2D eigenvalue weighted by molar-refractivity contribution is 0.122. The number of pyridine rings is 1. The van der Waals surface area contributed by atoms with Gasteiger partial charge in [0.25, 0.3) is 6.43 Å². The summed E-state index contributed by atoms with van der Waals surface area (Å²) in [6, 6.07) is 10.4. The molecule has 33 heavy (non-hydrogen) atoms. The minimum atomic E-state index is -2.82. The highest BCUT2D eigenvalue weighted by atomic mass is 19.3. The summed E-state index contributed by atoms with van der Waals surface area (Å²) in [7, 11) is 1.48. The fourth-order valence-corrected chi connectivity index (χ4v) is 3.73. The number of methoxy groups -OCH3 is 1. The SMILES string of the molecule is COc1cccc2c1nc(C(F)F)n2-c1cc(Nc2cccnc2)nc(N2CCOCC2)n1. The summed E-state index contributed by atoms with van der Waals surface area (Å²) >= 11 is 0. The molecule has 0 amide bonds. The Labute approximate surface area is 188 Å². The lowest BCUT2D eigenvalue weighted by atomic mass is 10.3. The molecule has 1 fully saturated rings. The van der Waals surface area contributed by atoms with Gasteiger partial charge in [-0.2, -0.15) is 9.97 Å². The van der Waals surface area contributed by atoms with Crippen LogP contribution in [0, 0.1) is 0 Å². The van der Waals surface area contributed by atoms with Crippen molar-refractivity contribution in [1.29, 1.82) is 0 Å². The van der Waals surface area contributed by atoms with Gasteiger partial charge in [-0.3, -0.25) is 9.55 Å². The van der Waals surface area contributed by atoms with E-state index < -0.39 is 12.2 Å². The third-order valence-corrected chi connectivity index (χ3v) is 5.25. The monoisotopic (exact) mass is 453 g/mol. The van der Waals surface area contributed by atoms with Gasteiger partial charge in [0.15, 0.2) is 5.82 Å². The van der Waals surface area contributed by atoms with E-state index in [1.165, 1.54) is 11.7 Å². The van der Waals surface area contributed by atoms with Crippen LogP contribution >= 0.6 is 0 Å². The zero-order valence-electron chi connectivity index (χ0n) is 17.8. The van der Waals surface area contributed by atoms with E-state index in [0.717, 1.165) is 0 Å². The summed E-state index contributed by atoms with van der Waals surface area (Å²) in [5.74, 6) is 1.10. The van der Waals surface area contributed by atoms with Crippen molar-refractivity contribution in [3.63, 3.8) is 0 Å². The minimum absolute atomic E-state index is 0.268. The van der Waals surface area contributed by atoms with E-state index in [0.29, 0.717) is 60.5 Å². The van der Waals surface area contributed by atoms with Crippen LogP contribution in [0.4, 0.5) is 26.2 Å². The molecule has 11 heteroatoms. The van der Waals surface area contributed by atoms with Crippen molar-refractivity contribution in [2.24, 2.45) is 0 Å². The summed E-state index contributed by atoms with van der Waals surface area (Å²) in [4.78, 5) is 19.5. The highest BCUT2D eigenvalue weighted by Crippen LogP contribution is 2.33. The molecule has 170 valence electrons. The fraction of sp³-hybridized carbons (Fsp3) is 0.273. The number of para-hydroxylation sites is 1. The van der Waals surface area contributed by atoms with Gasteiger partial charge in [-0.05, 0) is 24.3 Å². The van der Waals surface area contributed by atoms with Crippen molar-refractivity contribution in [2.75, 3.05) is 43.6 Å². The molecular weight excluding hydrogens is 432 g/mol. The Morgan fingerprint density at radius 2 is 1.94 bits per heavy atom. The van der Waals surface area contributed by atoms with E-state index in [9.17, 15) is 8.78 Å². The number of nitrogens with one attached hydrogen (secondary N) is 1. The van der Waals surface area contributed by atoms with E-state index >= 15 is 0 Å². The first-order chi connectivity index (χ1) is 16.1. The molecule has 4 heterocycles. The maximum absolute atomic E-state index is 14.1. The number of fused-ring (bicyclic) bond motifs is 1. The number of halogens is 2. The number of hydrogen-bond donors (Lipinski definition) is 1. The average Bonchev–Trinajstić information content (AvgIpc) is 3.25. The molecule has 0 saturated carbocycles. The normalized spacial score (nSPS) is 14.1. The van der Waals surface area contributed by atoms with Crippen molar-refractivity contribution in [2.45, 2.75) is 6.43 Å². The van der Waals surface area contributed by atoms with Crippen molar-refractivity contribution in [1.82, 2.24) is 24.5 Å². The molecule has 0 unspecified atom stereocenters. The smallest absolute Gasteiger partial charge is 0.296 e. The summed E-state index contributed by atoms with van der Waals surface area (Å²) in [5, 5.41) is 3.19. The van der Waals surface area contributed by atoms with Crippen LogP contribution in [0.25, 0.3) is 16.9 Å². The van der Waals surface area contributed by atoms with Crippen molar-refractivity contribution in [3.05, 3.63) is 54.6 Å². The van der Waals surface area contributed by atoms with Gasteiger partial charge in [-0.15, -0.1) is 0 Å². The third kappa shape index (κ3) is 4.14.